The number of nitrogens with one attached hydrogen (secondary N) is 1. The predicted molar refractivity (Wildman–Crippen MR) is 83.4 cm³/mol. The number of hydrogen-bond donors (Lipinski definition) is 1. The molecule has 0 amide bonds. The van der Waals surface area contributed by atoms with Gasteiger partial charge < -0.3 is 5.32 Å². The van der Waals surface area contributed by atoms with Crippen molar-refractivity contribution in [3.8, 4) is 0 Å². The summed E-state index contributed by atoms with van der Waals surface area (Å²) >= 11 is 6.15. The van der Waals surface area contributed by atoms with Crippen LogP contribution in [0.1, 0.15) is 47.6 Å². The van der Waals surface area contributed by atoms with Gasteiger partial charge in [-0.1, -0.05) is 39.3 Å². The van der Waals surface area contributed by atoms with E-state index in [1.165, 1.54) is 4.68 Å². The molecule has 1 aromatic heterocycles. The van der Waals surface area contributed by atoms with Crippen LogP contribution < -0.4 is 10.9 Å². The number of halogens is 1. The van der Waals surface area contributed by atoms with E-state index in [-0.39, 0.29) is 16.6 Å². The van der Waals surface area contributed by atoms with Gasteiger partial charge in [0.05, 0.1) is 17.9 Å². The third-order valence-electron chi connectivity index (χ3n) is 5.25. The molecule has 5 heteroatoms. The maximum absolute atomic E-state index is 12.1. The largest absolute Gasteiger partial charge is 0.382 e. The minimum atomic E-state index is -0.235. The normalized spacial score (nSPS) is 20.2. The molecule has 1 N–H and O–H groups in total. The van der Waals surface area contributed by atoms with E-state index in [1.54, 1.807) is 6.20 Å². The van der Waals surface area contributed by atoms with Gasteiger partial charge in [0, 0.05) is 6.54 Å². The average Bonchev–Trinajstić information content (AvgIpc) is 2.72. The molecular formula is C15H24ClN3O. The maximum atomic E-state index is 12.1. The SMILES string of the molecule is CC(C)n1ncc(NCC2C(C)(C)C2(C)C)c(Cl)c1=O. The monoisotopic (exact) mass is 297 g/mol. The lowest BCUT2D eigenvalue weighted by atomic mass is 10.0. The van der Waals surface area contributed by atoms with Crippen LogP contribution in [0.5, 0.6) is 0 Å². The van der Waals surface area contributed by atoms with Crippen LogP contribution in [-0.2, 0) is 0 Å². The van der Waals surface area contributed by atoms with Gasteiger partial charge in [-0.2, -0.15) is 5.10 Å². The second-order valence-electron chi connectivity index (χ2n) is 7.09. The summed E-state index contributed by atoms with van der Waals surface area (Å²) in [5.41, 5.74) is 1.02. The Morgan fingerprint density at radius 2 is 1.90 bits per heavy atom. The van der Waals surface area contributed by atoms with Crippen LogP contribution in [0.3, 0.4) is 0 Å². The fourth-order valence-electron chi connectivity index (χ4n) is 2.99. The molecule has 2 rings (SSSR count). The number of nitrogens with zero attached hydrogens (tertiary/aromatic N) is 2. The first-order chi connectivity index (χ1) is 9.10. The molecule has 1 aliphatic carbocycles. The lowest BCUT2D eigenvalue weighted by Gasteiger charge is -2.12. The molecule has 1 heterocycles. The van der Waals surface area contributed by atoms with Crippen molar-refractivity contribution in [2.75, 3.05) is 11.9 Å². The second kappa shape index (κ2) is 4.76. The molecule has 20 heavy (non-hydrogen) atoms. The van der Waals surface area contributed by atoms with Crippen molar-refractivity contribution in [2.24, 2.45) is 16.7 Å². The van der Waals surface area contributed by atoms with E-state index in [2.05, 4.69) is 38.1 Å². The van der Waals surface area contributed by atoms with Gasteiger partial charge >= 0.3 is 0 Å². The van der Waals surface area contributed by atoms with Gasteiger partial charge in [-0.15, -0.1) is 0 Å². The summed E-state index contributed by atoms with van der Waals surface area (Å²) in [7, 11) is 0. The molecule has 0 aliphatic heterocycles. The molecule has 1 aliphatic rings. The van der Waals surface area contributed by atoms with Crippen molar-refractivity contribution in [1.29, 1.82) is 0 Å². The van der Waals surface area contributed by atoms with E-state index in [9.17, 15) is 4.79 Å². The van der Waals surface area contributed by atoms with Crippen LogP contribution in [0.25, 0.3) is 0 Å². The van der Waals surface area contributed by atoms with E-state index < -0.39 is 0 Å². The molecule has 112 valence electrons. The first-order valence-electron chi connectivity index (χ1n) is 7.12. The minimum absolute atomic E-state index is 0.00958. The van der Waals surface area contributed by atoms with Crippen LogP contribution in [-0.4, -0.2) is 16.3 Å². The van der Waals surface area contributed by atoms with Crippen LogP contribution in [0, 0.1) is 16.7 Å². The third-order valence-corrected chi connectivity index (χ3v) is 5.61. The highest BCUT2D eigenvalue weighted by Crippen LogP contribution is 2.68. The zero-order chi connectivity index (χ0) is 15.3. The summed E-state index contributed by atoms with van der Waals surface area (Å²) < 4.78 is 1.40. The molecule has 1 saturated carbocycles. The van der Waals surface area contributed by atoms with E-state index in [4.69, 9.17) is 11.6 Å². The Hall–Kier alpha value is -1.03. The van der Waals surface area contributed by atoms with Gasteiger partial charge in [0.15, 0.2) is 0 Å². The fraction of sp³-hybridized carbons (Fsp3) is 0.733. The summed E-state index contributed by atoms with van der Waals surface area (Å²) in [5.74, 6) is 0.568. The molecule has 1 fully saturated rings. The molecule has 0 saturated heterocycles. The Morgan fingerprint density at radius 3 is 2.35 bits per heavy atom. The van der Waals surface area contributed by atoms with Gasteiger partial charge in [0.2, 0.25) is 0 Å². The predicted octanol–water partition coefficient (Wildman–Crippen LogP) is 3.57. The molecule has 1 aromatic rings. The smallest absolute Gasteiger partial charge is 0.287 e. The molecule has 4 nitrogen and oxygen atoms in total. The number of hydrogen-bond acceptors (Lipinski definition) is 3. The van der Waals surface area contributed by atoms with Crippen LogP contribution in [0.4, 0.5) is 5.69 Å². The fourth-order valence-corrected chi connectivity index (χ4v) is 3.19. The highest BCUT2D eigenvalue weighted by molar-refractivity contribution is 6.32. The quantitative estimate of drug-likeness (QED) is 0.924. The molecular weight excluding hydrogens is 274 g/mol. The van der Waals surface area contributed by atoms with Crippen molar-refractivity contribution in [2.45, 2.75) is 47.6 Å². The Bertz CT molecular complexity index is 561. The molecule has 0 unspecified atom stereocenters. The summed E-state index contributed by atoms with van der Waals surface area (Å²) in [6.07, 6.45) is 1.64. The van der Waals surface area contributed by atoms with Crippen molar-refractivity contribution >= 4 is 17.3 Å². The molecule has 0 spiro atoms. The molecule has 0 aromatic carbocycles. The van der Waals surface area contributed by atoms with Crippen LogP contribution in [0.15, 0.2) is 11.0 Å². The van der Waals surface area contributed by atoms with Crippen molar-refractivity contribution in [1.82, 2.24) is 9.78 Å². The third kappa shape index (κ3) is 2.24. The van der Waals surface area contributed by atoms with Gasteiger partial charge in [-0.25, -0.2) is 4.68 Å². The van der Waals surface area contributed by atoms with Crippen molar-refractivity contribution in [3.05, 3.63) is 21.6 Å². The zero-order valence-electron chi connectivity index (χ0n) is 13.1. The van der Waals surface area contributed by atoms with E-state index in [0.29, 0.717) is 22.4 Å². The van der Waals surface area contributed by atoms with Crippen LogP contribution >= 0.6 is 11.6 Å². The Balaban J connectivity index is 2.13. The Kier molecular flexibility index (Phi) is 3.66. The lowest BCUT2D eigenvalue weighted by molar-refractivity contribution is 0.457. The summed E-state index contributed by atoms with van der Waals surface area (Å²) in [5, 5.41) is 7.68. The van der Waals surface area contributed by atoms with Gasteiger partial charge in [0.25, 0.3) is 5.56 Å². The topological polar surface area (TPSA) is 46.9 Å². The van der Waals surface area contributed by atoms with E-state index >= 15 is 0 Å². The van der Waals surface area contributed by atoms with E-state index in [0.717, 1.165) is 6.54 Å². The molecule has 0 atom stereocenters. The van der Waals surface area contributed by atoms with E-state index in [1.807, 2.05) is 13.8 Å². The number of anilines is 1. The number of rotatable bonds is 4. The first kappa shape index (κ1) is 15.4. The summed E-state index contributed by atoms with van der Waals surface area (Å²) in [4.78, 5) is 12.1. The molecule has 0 radical (unpaired) electrons. The van der Waals surface area contributed by atoms with Gasteiger partial charge in [-0.05, 0) is 30.6 Å². The standard InChI is InChI=1S/C15H24ClN3O/c1-9(2)19-13(20)12(16)10(7-18-19)17-8-11-14(3,4)15(11,5)6/h7,9,11,17H,8H2,1-6H3. The Labute approximate surface area is 125 Å². The summed E-state index contributed by atoms with van der Waals surface area (Å²) in [6, 6.07) is 0.00958. The average molecular weight is 298 g/mol. The lowest BCUT2D eigenvalue weighted by Crippen LogP contribution is -2.26. The molecule has 0 bridgehead atoms. The highest BCUT2D eigenvalue weighted by Gasteiger charge is 2.64. The van der Waals surface area contributed by atoms with Gasteiger partial charge in [-0.3, -0.25) is 4.79 Å². The zero-order valence-corrected chi connectivity index (χ0v) is 13.9. The summed E-state index contributed by atoms with van der Waals surface area (Å²) in [6.45, 7) is 13.7. The van der Waals surface area contributed by atoms with Crippen LogP contribution in [0.2, 0.25) is 5.02 Å². The number of aromatic nitrogens is 2. The second-order valence-corrected chi connectivity index (χ2v) is 7.47. The minimum Gasteiger partial charge on any atom is -0.382 e. The first-order valence-corrected chi connectivity index (χ1v) is 7.49. The van der Waals surface area contributed by atoms with Crippen molar-refractivity contribution < 1.29 is 0 Å². The van der Waals surface area contributed by atoms with Crippen molar-refractivity contribution in [3.63, 3.8) is 0 Å². The highest BCUT2D eigenvalue weighted by atomic mass is 35.5. The maximum Gasteiger partial charge on any atom is 0.287 e. The Morgan fingerprint density at radius 1 is 1.35 bits per heavy atom. The van der Waals surface area contributed by atoms with Gasteiger partial charge in [0.1, 0.15) is 5.02 Å².